The van der Waals surface area contributed by atoms with Crippen LogP contribution in [0.5, 0.6) is 0 Å². The van der Waals surface area contributed by atoms with Gasteiger partial charge in [-0.05, 0) is 24.1 Å². The van der Waals surface area contributed by atoms with Crippen LogP contribution in [0.1, 0.15) is 22.3 Å². The molecule has 3 heteroatoms. The molecule has 0 saturated heterocycles. The molecule has 0 radical (unpaired) electrons. The molecule has 0 aromatic heterocycles. The van der Waals surface area contributed by atoms with Crippen molar-refractivity contribution in [3.63, 3.8) is 0 Å². The third-order valence-corrected chi connectivity index (χ3v) is 3.31. The summed E-state index contributed by atoms with van der Waals surface area (Å²) < 4.78 is 0. The topological polar surface area (TPSA) is 44.1 Å². The minimum atomic E-state index is -0.0122. The molecule has 0 spiro atoms. The van der Waals surface area contributed by atoms with E-state index in [0.717, 1.165) is 6.42 Å². The van der Waals surface area contributed by atoms with Crippen LogP contribution in [0.2, 0.25) is 0 Å². The second-order valence-electron chi connectivity index (χ2n) is 4.80. The van der Waals surface area contributed by atoms with Crippen LogP contribution in [-0.4, -0.2) is 23.9 Å². The number of nitriles is 1. The highest BCUT2D eigenvalue weighted by molar-refractivity contribution is 5.94. The number of amides is 1. The van der Waals surface area contributed by atoms with Gasteiger partial charge >= 0.3 is 0 Å². The van der Waals surface area contributed by atoms with Crippen LogP contribution in [0.25, 0.3) is 0 Å². The van der Waals surface area contributed by atoms with E-state index >= 15 is 0 Å². The lowest BCUT2D eigenvalue weighted by Crippen LogP contribution is -2.33. The van der Waals surface area contributed by atoms with Crippen LogP contribution in [0.4, 0.5) is 0 Å². The highest BCUT2D eigenvalue weighted by atomic mass is 16.2. The van der Waals surface area contributed by atoms with Gasteiger partial charge in [0.05, 0.1) is 12.5 Å². The summed E-state index contributed by atoms with van der Waals surface area (Å²) in [5, 5.41) is 8.76. The Morgan fingerprint density at radius 1 is 0.952 bits per heavy atom. The van der Waals surface area contributed by atoms with E-state index in [1.807, 2.05) is 48.5 Å². The molecule has 0 heterocycles. The molecule has 3 nitrogen and oxygen atoms in total. The summed E-state index contributed by atoms with van der Waals surface area (Å²) in [6, 6.07) is 21.4. The molecule has 0 unspecified atom stereocenters. The zero-order chi connectivity index (χ0) is 14.9. The molecule has 0 aliphatic carbocycles. The molecule has 0 aliphatic rings. The SMILES string of the molecule is N#CCCN(CCc1ccccc1)C(=O)c1ccccc1. The zero-order valence-corrected chi connectivity index (χ0v) is 11.9. The molecule has 0 N–H and O–H groups in total. The molecule has 21 heavy (non-hydrogen) atoms. The standard InChI is InChI=1S/C18H18N2O/c19-13-7-14-20(15-12-16-8-3-1-4-9-16)18(21)17-10-5-2-6-11-17/h1-6,8-11H,7,12,14-15H2. The van der Waals surface area contributed by atoms with Crippen molar-refractivity contribution in [1.82, 2.24) is 4.90 Å². The van der Waals surface area contributed by atoms with E-state index in [2.05, 4.69) is 18.2 Å². The quantitative estimate of drug-likeness (QED) is 0.814. The van der Waals surface area contributed by atoms with Crippen LogP contribution in [0.3, 0.4) is 0 Å². The number of carbonyl (C=O) groups is 1. The minimum absolute atomic E-state index is 0.0122. The first kappa shape index (κ1) is 14.8. The molecule has 106 valence electrons. The van der Waals surface area contributed by atoms with Crippen molar-refractivity contribution >= 4 is 5.91 Å². The molecule has 1 amide bonds. The predicted octanol–water partition coefficient (Wildman–Crippen LogP) is 3.29. The maximum atomic E-state index is 12.5. The number of hydrogen-bond donors (Lipinski definition) is 0. The summed E-state index contributed by atoms with van der Waals surface area (Å²) in [7, 11) is 0. The van der Waals surface area contributed by atoms with Crippen molar-refractivity contribution in [2.45, 2.75) is 12.8 Å². The van der Waals surface area contributed by atoms with E-state index < -0.39 is 0 Å². The number of hydrogen-bond acceptors (Lipinski definition) is 2. The van der Waals surface area contributed by atoms with Crippen molar-refractivity contribution < 1.29 is 4.79 Å². The van der Waals surface area contributed by atoms with Crippen molar-refractivity contribution in [3.8, 4) is 6.07 Å². The maximum absolute atomic E-state index is 12.5. The van der Waals surface area contributed by atoms with Gasteiger partial charge in [-0.2, -0.15) is 5.26 Å². The fraction of sp³-hybridized carbons (Fsp3) is 0.222. The lowest BCUT2D eigenvalue weighted by Gasteiger charge is -2.21. The van der Waals surface area contributed by atoms with Crippen molar-refractivity contribution in [3.05, 3.63) is 71.8 Å². The van der Waals surface area contributed by atoms with Gasteiger partial charge in [-0.25, -0.2) is 0 Å². The Balaban J connectivity index is 2.04. The summed E-state index contributed by atoms with van der Waals surface area (Å²) in [4.78, 5) is 14.2. The fourth-order valence-electron chi connectivity index (χ4n) is 2.17. The van der Waals surface area contributed by atoms with Gasteiger partial charge in [-0.1, -0.05) is 48.5 Å². The summed E-state index contributed by atoms with van der Waals surface area (Å²) >= 11 is 0. The normalized spacial score (nSPS) is 9.86. The van der Waals surface area contributed by atoms with Crippen LogP contribution < -0.4 is 0 Å². The number of nitrogens with zero attached hydrogens (tertiary/aromatic N) is 2. The first-order valence-electron chi connectivity index (χ1n) is 7.06. The van der Waals surface area contributed by atoms with E-state index in [-0.39, 0.29) is 5.91 Å². The Hall–Kier alpha value is -2.60. The molecule has 0 atom stereocenters. The average molecular weight is 278 g/mol. The smallest absolute Gasteiger partial charge is 0.253 e. The molecular weight excluding hydrogens is 260 g/mol. The van der Waals surface area contributed by atoms with E-state index in [1.165, 1.54) is 5.56 Å². The van der Waals surface area contributed by atoms with Gasteiger partial charge in [0, 0.05) is 18.7 Å². The van der Waals surface area contributed by atoms with Crippen LogP contribution in [0.15, 0.2) is 60.7 Å². The largest absolute Gasteiger partial charge is 0.337 e. The first-order valence-corrected chi connectivity index (χ1v) is 7.06. The third-order valence-electron chi connectivity index (χ3n) is 3.31. The summed E-state index contributed by atoms with van der Waals surface area (Å²) in [6.45, 7) is 1.09. The van der Waals surface area contributed by atoms with Gasteiger partial charge < -0.3 is 4.90 Å². The van der Waals surface area contributed by atoms with Crippen molar-refractivity contribution in [2.75, 3.05) is 13.1 Å². The van der Waals surface area contributed by atoms with Gasteiger partial charge in [0.2, 0.25) is 0 Å². The minimum Gasteiger partial charge on any atom is -0.337 e. The number of rotatable bonds is 6. The van der Waals surface area contributed by atoms with Crippen molar-refractivity contribution in [1.29, 1.82) is 5.26 Å². The van der Waals surface area contributed by atoms with Gasteiger partial charge in [0.1, 0.15) is 0 Å². The summed E-state index contributed by atoms with van der Waals surface area (Å²) in [5.41, 5.74) is 1.86. The van der Waals surface area contributed by atoms with Crippen LogP contribution in [-0.2, 0) is 6.42 Å². The Morgan fingerprint density at radius 2 is 1.57 bits per heavy atom. The molecule has 2 aromatic rings. The van der Waals surface area contributed by atoms with Gasteiger partial charge in [0.25, 0.3) is 5.91 Å². The molecule has 0 aliphatic heterocycles. The molecule has 0 saturated carbocycles. The van der Waals surface area contributed by atoms with E-state index in [9.17, 15) is 4.79 Å². The Kier molecular flexibility index (Phi) is 5.54. The molecule has 0 fully saturated rings. The molecular formula is C18H18N2O. The van der Waals surface area contributed by atoms with Gasteiger partial charge in [0.15, 0.2) is 0 Å². The Labute approximate surface area is 125 Å². The third kappa shape index (κ3) is 4.47. The maximum Gasteiger partial charge on any atom is 0.253 e. The molecule has 2 rings (SSSR count). The number of carbonyl (C=O) groups excluding carboxylic acids is 1. The predicted molar refractivity (Wildman–Crippen MR) is 82.7 cm³/mol. The van der Waals surface area contributed by atoms with Crippen molar-refractivity contribution in [2.24, 2.45) is 0 Å². The zero-order valence-electron chi connectivity index (χ0n) is 11.9. The van der Waals surface area contributed by atoms with Crippen LogP contribution in [0, 0.1) is 11.3 Å². The second kappa shape index (κ2) is 7.86. The average Bonchev–Trinajstić information content (AvgIpc) is 2.56. The first-order chi connectivity index (χ1) is 10.3. The fourth-order valence-corrected chi connectivity index (χ4v) is 2.17. The molecule has 2 aromatic carbocycles. The summed E-state index contributed by atoms with van der Waals surface area (Å²) in [6.07, 6.45) is 1.15. The highest BCUT2D eigenvalue weighted by Crippen LogP contribution is 2.08. The van der Waals surface area contributed by atoms with Gasteiger partial charge in [-0.15, -0.1) is 0 Å². The monoisotopic (exact) mass is 278 g/mol. The summed E-state index contributed by atoms with van der Waals surface area (Å²) in [5.74, 6) is -0.0122. The van der Waals surface area contributed by atoms with E-state index in [4.69, 9.17) is 5.26 Å². The number of benzene rings is 2. The lowest BCUT2D eigenvalue weighted by molar-refractivity contribution is 0.0761. The highest BCUT2D eigenvalue weighted by Gasteiger charge is 2.14. The van der Waals surface area contributed by atoms with E-state index in [0.29, 0.717) is 25.1 Å². The second-order valence-corrected chi connectivity index (χ2v) is 4.80. The van der Waals surface area contributed by atoms with E-state index in [1.54, 1.807) is 4.90 Å². The lowest BCUT2D eigenvalue weighted by atomic mass is 10.1. The van der Waals surface area contributed by atoms with Crippen LogP contribution >= 0.6 is 0 Å². The van der Waals surface area contributed by atoms with Gasteiger partial charge in [-0.3, -0.25) is 4.79 Å². The Bertz CT molecular complexity index is 602. The Morgan fingerprint density at radius 3 is 2.19 bits per heavy atom. The molecule has 0 bridgehead atoms.